The van der Waals surface area contributed by atoms with Gasteiger partial charge in [-0.3, -0.25) is 0 Å². The van der Waals surface area contributed by atoms with Gasteiger partial charge in [-0.15, -0.1) is 0 Å². The number of aliphatic hydroxyl groups is 1. The normalized spacial score (nSPS) is 33.8. The Hall–Kier alpha value is -1.02. The molecule has 17 heavy (non-hydrogen) atoms. The lowest BCUT2D eigenvalue weighted by molar-refractivity contribution is -0.0472. The summed E-state index contributed by atoms with van der Waals surface area (Å²) in [6, 6.07) is 6.08. The van der Waals surface area contributed by atoms with E-state index in [1.54, 1.807) is 0 Å². The maximum atomic E-state index is 10.3. The van der Waals surface area contributed by atoms with E-state index in [4.69, 9.17) is 4.74 Å². The van der Waals surface area contributed by atoms with Crippen LogP contribution in [-0.2, 0) is 0 Å². The van der Waals surface area contributed by atoms with E-state index < -0.39 is 0 Å². The van der Waals surface area contributed by atoms with Crippen molar-refractivity contribution in [2.24, 2.45) is 5.41 Å². The van der Waals surface area contributed by atoms with Gasteiger partial charge >= 0.3 is 0 Å². The molecule has 0 amide bonds. The van der Waals surface area contributed by atoms with Gasteiger partial charge in [0.15, 0.2) is 0 Å². The third-order valence-electron chi connectivity index (χ3n) is 4.72. The second-order valence-corrected chi connectivity index (χ2v) is 6.15. The zero-order valence-corrected chi connectivity index (χ0v) is 10.8. The van der Waals surface area contributed by atoms with E-state index in [0.717, 1.165) is 11.3 Å². The fourth-order valence-corrected chi connectivity index (χ4v) is 2.87. The predicted octanol–water partition coefficient (Wildman–Crippen LogP) is 3.37. The van der Waals surface area contributed by atoms with Gasteiger partial charge < -0.3 is 9.84 Å². The quantitative estimate of drug-likeness (QED) is 0.804. The zero-order chi connectivity index (χ0) is 12.3. The van der Waals surface area contributed by atoms with E-state index in [1.807, 2.05) is 25.1 Å². The third kappa shape index (κ3) is 1.58. The summed E-state index contributed by atoms with van der Waals surface area (Å²) in [4.78, 5) is 0. The summed E-state index contributed by atoms with van der Waals surface area (Å²) in [6.45, 7) is 6.45. The molecule has 92 valence electrons. The molecule has 2 heteroatoms. The maximum Gasteiger partial charge on any atom is 0.125 e. The van der Waals surface area contributed by atoms with Crippen LogP contribution in [0.5, 0.6) is 5.75 Å². The van der Waals surface area contributed by atoms with Crippen LogP contribution in [0.3, 0.4) is 0 Å². The highest BCUT2D eigenvalue weighted by atomic mass is 16.5. The Morgan fingerprint density at radius 1 is 1.29 bits per heavy atom. The van der Waals surface area contributed by atoms with Gasteiger partial charge in [-0.2, -0.15) is 0 Å². The van der Waals surface area contributed by atoms with Gasteiger partial charge in [0.25, 0.3) is 0 Å². The van der Waals surface area contributed by atoms with Crippen molar-refractivity contribution in [3.63, 3.8) is 0 Å². The second kappa shape index (κ2) is 3.26. The first kappa shape index (κ1) is 11.1. The number of hydrogen-bond acceptors (Lipinski definition) is 2. The molecule has 0 saturated heterocycles. The van der Waals surface area contributed by atoms with Gasteiger partial charge in [-0.1, -0.05) is 18.6 Å². The molecule has 2 aliphatic rings. The van der Waals surface area contributed by atoms with Crippen LogP contribution in [0.2, 0.25) is 0 Å². The molecule has 2 nitrogen and oxygen atoms in total. The highest BCUT2D eigenvalue weighted by molar-refractivity contribution is 5.41. The van der Waals surface area contributed by atoms with Crippen molar-refractivity contribution in [1.29, 1.82) is 0 Å². The molecule has 0 radical (unpaired) electrons. The number of rotatable bonds is 1. The van der Waals surface area contributed by atoms with Crippen molar-refractivity contribution in [3.8, 4) is 5.75 Å². The number of aliphatic hydroxyl groups excluding tert-OH is 1. The van der Waals surface area contributed by atoms with E-state index in [9.17, 15) is 5.11 Å². The molecule has 1 N–H and O–H groups in total. The highest BCUT2D eigenvalue weighted by Crippen LogP contribution is 2.59. The summed E-state index contributed by atoms with van der Waals surface area (Å²) in [5, 5.41) is 10.3. The lowest BCUT2D eigenvalue weighted by atomic mass is 9.79. The van der Waals surface area contributed by atoms with Crippen molar-refractivity contribution in [2.75, 3.05) is 0 Å². The molecule has 1 aliphatic carbocycles. The molecule has 1 fully saturated rings. The van der Waals surface area contributed by atoms with Gasteiger partial charge in [-0.05, 0) is 38.8 Å². The van der Waals surface area contributed by atoms with Crippen LogP contribution in [-0.4, -0.2) is 10.7 Å². The Kier molecular flexibility index (Phi) is 2.13. The van der Waals surface area contributed by atoms with Crippen molar-refractivity contribution in [3.05, 3.63) is 29.3 Å². The molecule has 1 unspecified atom stereocenters. The summed E-state index contributed by atoms with van der Waals surface area (Å²) >= 11 is 0. The monoisotopic (exact) mass is 232 g/mol. The molecule has 1 aromatic rings. The van der Waals surface area contributed by atoms with Gasteiger partial charge in [0.1, 0.15) is 11.4 Å². The zero-order valence-electron chi connectivity index (χ0n) is 10.8. The van der Waals surface area contributed by atoms with E-state index in [1.165, 1.54) is 18.4 Å². The summed E-state index contributed by atoms with van der Waals surface area (Å²) in [7, 11) is 0. The van der Waals surface area contributed by atoms with Crippen molar-refractivity contribution in [2.45, 2.75) is 51.7 Å². The second-order valence-electron chi connectivity index (χ2n) is 6.15. The van der Waals surface area contributed by atoms with Gasteiger partial charge in [0.05, 0.1) is 6.10 Å². The molecule has 2 atom stereocenters. The van der Waals surface area contributed by atoms with E-state index in [2.05, 4.69) is 13.8 Å². The number of aryl methyl sites for hydroxylation is 1. The molecule has 0 aromatic heterocycles. The standard InChI is InChI=1S/C15H20O2/c1-10-4-5-13-11(8-10)12(16)9-15(3,17-13)14(2)6-7-14/h4-5,8,12,16H,6-7,9H2,1-3H3/t12-,15?/m0/s1. The van der Waals surface area contributed by atoms with Gasteiger partial charge in [0, 0.05) is 17.4 Å². The van der Waals surface area contributed by atoms with Crippen LogP contribution in [0.15, 0.2) is 18.2 Å². The van der Waals surface area contributed by atoms with Crippen LogP contribution < -0.4 is 4.74 Å². The van der Waals surface area contributed by atoms with E-state index >= 15 is 0 Å². The van der Waals surface area contributed by atoms with Crippen LogP contribution >= 0.6 is 0 Å². The Morgan fingerprint density at radius 2 is 2.00 bits per heavy atom. The molecule has 3 rings (SSSR count). The Balaban J connectivity index is 2.01. The molecule has 1 aromatic carbocycles. The minimum Gasteiger partial charge on any atom is -0.487 e. The number of hydrogen-bond donors (Lipinski definition) is 1. The van der Waals surface area contributed by atoms with Gasteiger partial charge in [0.2, 0.25) is 0 Å². The lowest BCUT2D eigenvalue weighted by Gasteiger charge is -2.42. The van der Waals surface area contributed by atoms with E-state index in [0.29, 0.717) is 6.42 Å². The fourth-order valence-electron chi connectivity index (χ4n) is 2.87. The summed E-state index contributed by atoms with van der Waals surface area (Å²) in [5.41, 5.74) is 2.16. The largest absolute Gasteiger partial charge is 0.487 e. The summed E-state index contributed by atoms with van der Waals surface area (Å²) in [6.07, 6.45) is 2.73. The molecule has 1 aliphatic heterocycles. The summed E-state index contributed by atoms with van der Waals surface area (Å²) < 4.78 is 6.21. The molecule has 0 bridgehead atoms. The van der Waals surface area contributed by atoms with Crippen LogP contribution in [0.1, 0.15) is 50.3 Å². The highest BCUT2D eigenvalue weighted by Gasteiger charge is 2.57. The Morgan fingerprint density at radius 3 is 2.65 bits per heavy atom. The van der Waals surface area contributed by atoms with Crippen LogP contribution in [0.4, 0.5) is 0 Å². The Bertz CT molecular complexity index is 462. The minimum absolute atomic E-state index is 0.214. The molecule has 0 spiro atoms. The lowest BCUT2D eigenvalue weighted by Crippen LogP contribution is -2.45. The predicted molar refractivity (Wildman–Crippen MR) is 67.1 cm³/mol. The molecular formula is C15H20O2. The first-order chi connectivity index (χ1) is 7.94. The number of benzene rings is 1. The van der Waals surface area contributed by atoms with Crippen molar-refractivity contribution in [1.82, 2.24) is 0 Å². The molecule has 1 heterocycles. The maximum absolute atomic E-state index is 10.3. The van der Waals surface area contributed by atoms with Gasteiger partial charge in [-0.25, -0.2) is 0 Å². The minimum atomic E-state index is -0.388. The smallest absolute Gasteiger partial charge is 0.125 e. The average molecular weight is 232 g/mol. The molecular weight excluding hydrogens is 212 g/mol. The number of fused-ring (bicyclic) bond motifs is 1. The first-order valence-corrected chi connectivity index (χ1v) is 6.41. The number of ether oxygens (including phenoxy) is 1. The molecule has 1 saturated carbocycles. The third-order valence-corrected chi connectivity index (χ3v) is 4.72. The van der Waals surface area contributed by atoms with Crippen molar-refractivity contribution < 1.29 is 9.84 Å². The average Bonchev–Trinajstić information content (AvgIpc) is 3.00. The SMILES string of the molecule is Cc1ccc2c(c1)[C@@H](O)CC(C)(C1(C)CC1)O2. The van der Waals surface area contributed by atoms with Crippen LogP contribution in [0, 0.1) is 12.3 Å². The topological polar surface area (TPSA) is 29.5 Å². The fraction of sp³-hybridized carbons (Fsp3) is 0.600. The Labute approximate surface area is 103 Å². The van der Waals surface area contributed by atoms with Crippen LogP contribution in [0.25, 0.3) is 0 Å². The summed E-state index contributed by atoms with van der Waals surface area (Å²) in [5.74, 6) is 0.866. The van der Waals surface area contributed by atoms with Crippen molar-refractivity contribution >= 4 is 0 Å². The first-order valence-electron chi connectivity index (χ1n) is 6.41. The van der Waals surface area contributed by atoms with E-state index in [-0.39, 0.29) is 17.1 Å².